The van der Waals surface area contributed by atoms with Crippen LogP contribution in [0.25, 0.3) is 0 Å². The molecule has 142 valence electrons. The van der Waals surface area contributed by atoms with Gasteiger partial charge in [-0.1, -0.05) is 36.4 Å². The first-order valence-corrected chi connectivity index (χ1v) is 9.25. The van der Waals surface area contributed by atoms with Crippen LogP contribution in [0.4, 0.5) is 5.69 Å². The van der Waals surface area contributed by atoms with Gasteiger partial charge in [-0.25, -0.2) is 5.01 Å². The number of nitrogens with zero attached hydrogens (tertiary/aromatic N) is 4. The minimum absolute atomic E-state index is 0.0945. The molecule has 2 aromatic carbocycles. The Balaban J connectivity index is 1.88. The number of benzene rings is 2. The molecule has 0 saturated heterocycles. The van der Waals surface area contributed by atoms with Gasteiger partial charge in [0.1, 0.15) is 5.71 Å². The number of carbonyl (C=O) groups is 2. The summed E-state index contributed by atoms with van der Waals surface area (Å²) in [7, 11) is 0. The lowest BCUT2D eigenvalue weighted by molar-refractivity contribution is -0.132. The number of amides is 2. The van der Waals surface area contributed by atoms with Crippen molar-refractivity contribution in [2.45, 2.75) is 39.3 Å². The Morgan fingerprint density at radius 1 is 1.18 bits per heavy atom. The maximum Gasteiger partial charge on any atom is 0.274 e. The summed E-state index contributed by atoms with van der Waals surface area (Å²) >= 11 is 0. The maximum atomic E-state index is 13.2. The van der Waals surface area contributed by atoms with Gasteiger partial charge < -0.3 is 4.90 Å². The van der Waals surface area contributed by atoms with E-state index in [0.29, 0.717) is 29.9 Å². The second kappa shape index (κ2) is 8.49. The van der Waals surface area contributed by atoms with Crippen molar-refractivity contribution in [2.24, 2.45) is 5.10 Å². The van der Waals surface area contributed by atoms with Gasteiger partial charge >= 0.3 is 0 Å². The molecule has 0 spiro atoms. The molecule has 0 bridgehead atoms. The molecule has 3 rings (SSSR count). The predicted octanol–water partition coefficient (Wildman–Crippen LogP) is 3.48. The van der Waals surface area contributed by atoms with Gasteiger partial charge in [0.25, 0.3) is 5.91 Å². The molecule has 6 nitrogen and oxygen atoms in total. The Hall–Kier alpha value is -3.46. The first kappa shape index (κ1) is 19.3. The standard InChI is InChI=1S/C22H22N4O2/c1-16(2)26(19-10-6-9-18(13-19)14-23)22(28)20-11-12-21(27)25(24-20)15-17-7-4-3-5-8-17/h3-10,13,16H,11-12,15H2,1-2H3. The van der Waals surface area contributed by atoms with Crippen LogP contribution in [0.5, 0.6) is 0 Å². The van der Waals surface area contributed by atoms with E-state index < -0.39 is 0 Å². The Morgan fingerprint density at radius 3 is 2.61 bits per heavy atom. The highest BCUT2D eigenvalue weighted by molar-refractivity contribution is 6.44. The fraction of sp³-hybridized carbons (Fsp3) is 0.273. The second-order valence-electron chi connectivity index (χ2n) is 6.91. The van der Waals surface area contributed by atoms with E-state index in [0.717, 1.165) is 5.56 Å². The topological polar surface area (TPSA) is 76.8 Å². The lowest BCUT2D eigenvalue weighted by atomic mass is 10.1. The minimum Gasteiger partial charge on any atom is -0.305 e. The van der Waals surface area contributed by atoms with Crippen LogP contribution >= 0.6 is 0 Å². The molecule has 1 heterocycles. The van der Waals surface area contributed by atoms with E-state index in [9.17, 15) is 9.59 Å². The van der Waals surface area contributed by atoms with Gasteiger partial charge in [-0.2, -0.15) is 10.4 Å². The first-order valence-electron chi connectivity index (χ1n) is 9.25. The van der Waals surface area contributed by atoms with E-state index in [1.165, 1.54) is 5.01 Å². The molecule has 0 saturated carbocycles. The Kier molecular flexibility index (Phi) is 5.85. The third-order valence-corrected chi connectivity index (χ3v) is 4.52. The fourth-order valence-electron chi connectivity index (χ4n) is 3.15. The van der Waals surface area contributed by atoms with Crippen molar-refractivity contribution in [3.05, 3.63) is 65.7 Å². The van der Waals surface area contributed by atoms with Gasteiger partial charge in [-0.05, 0) is 37.6 Å². The molecule has 0 aromatic heterocycles. The zero-order chi connectivity index (χ0) is 20.1. The predicted molar refractivity (Wildman–Crippen MR) is 107 cm³/mol. The number of hydrazone groups is 1. The molecule has 1 aliphatic heterocycles. The van der Waals surface area contributed by atoms with Crippen LogP contribution < -0.4 is 4.90 Å². The molecule has 6 heteroatoms. The summed E-state index contributed by atoms with van der Waals surface area (Å²) in [4.78, 5) is 27.1. The fourth-order valence-corrected chi connectivity index (χ4v) is 3.15. The number of carbonyl (C=O) groups excluding carboxylic acids is 2. The van der Waals surface area contributed by atoms with Crippen molar-refractivity contribution in [3.63, 3.8) is 0 Å². The van der Waals surface area contributed by atoms with E-state index in [1.54, 1.807) is 29.2 Å². The highest BCUT2D eigenvalue weighted by Gasteiger charge is 2.29. The van der Waals surface area contributed by atoms with Crippen molar-refractivity contribution >= 4 is 23.2 Å². The molecule has 1 aliphatic rings. The van der Waals surface area contributed by atoms with Gasteiger partial charge in [-0.3, -0.25) is 9.59 Å². The number of anilines is 1. The van der Waals surface area contributed by atoms with E-state index >= 15 is 0 Å². The van der Waals surface area contributed by atoms with Crippen molar-refractivity contribution in [3.8, 4) is 6.07 Å². The van der Waals surface area contributed by atoms with E-state index in [1.807, 2.05) is 44.2 Å². The summed E-state index contributed by atoms with van der Waals surface area (Å²) < 4.78 is 0. The van der Waals surface area contributed by atoms with Gasteiger partial charge in [0.05, 0.1) is 18.2 Å². The summed E-state index contributed by atoms with van der Waals surface area (Å²) in [6.07, 6.45) is 0.561. The van der Waals surface area contributed by atoms with Crippen LogP contribution in [0.15, 0.2) is 59.7 Å². The second-order valence-corrected chi connectivity index (χ2v) is 6.91. The van der Waals surface area contributed by atoms with E-state index in [4.69, 9.17) is 5.26 Å². The molecule has 28 heavy (non-hydrogen) atoms. The molecule has 0 fully saturated rings. The lowest BCUT2D eigenvalue weighted by Gasteiger charge is -2.30. The van der Waals surface area contributed by atoms with E-state index in [-0.39, 0.29) is 24.3 Å². The van der Waals surface area contributed by atoms with Crippen LogP contribution in [-0.2, 0) is 16.1 Å². The SMILES string of the molecule is CC(C)N(C(=O)C1=NN(Cc2ccccc2)C(=O)CC1)c1cccc(C#N)c1. The number of nitriles is 1. The van der Waals surface area contributed by atoms with Crippen LogP contribution in [0.1, 0.15) is 37.8 Å². The van der Waals surface area contributed by atoms with Gasteiger partial charge in [0.15, 0.2) is 0 Å². The lowest BCUT2D eigenvalue weighted by Crippen LogP contribution is -2.44. The molecule has 0 aliphatic carbocycles. The average molecular weight is 374 g/mol. The first-order chi connectivity index (χ1) is 13.5. The monoisotopic (exact) mass is 374 g/mol. The van der Waals surface area contributed by atoms with E-state index in [2.05, 4.69) is 11.2 Å². The van der Waals surface area contributed by atoms with Gasteiger partial charge in [0, 0.05) is 24.6 Å². The van der Waals surface area contributed by atoms with Crippen LogP contribution in [0, 0.1) is 11.3 Å². The molecule has 0 radical (unpaired) electrons. The highest BCUT2D eigenvalue weighted by Crippen LogP contribution is 2.22. The third kappa shape index (κ3) is 4.26. The van der Waals surface area contributed by atoms with Crippen LogP contribution in [-0.4, -0.2) is 28.6 Å². The van der Waals surface area contributed by atoms with Crippen molar-refractivity contribution in [1.29, 1.82) is 5.26 Å². The molecular formula is C22H22N4O2. The zero-order valence-electron chi connectivity index (χ0n) is 16.0. The van der Waals surface area contributed by atoms with Gasteiger partial charge in [0.2, 0.25) is 5.91 Å². The Morgan fingerprint density at radius 2 is 1.93 bits per heavy atom. The quantitative estimate of drug-likeness (QED) is 0.804. The maximum absolute atomic E-state index is 13.2. The highest BCUT2D eigenvalue weighted by atomic mass is 16.2. The Labute approximate surface area is 164 Å². The smallest absolute Gasteiger partial charge is 0.274 e. The third-order valence-electron chi connectivity index (χ3n) is 4.52. The number of hydrogen-bond acceptors (Lipinski definition) is 4. The van der Waals surface area contributed by atoms with Crippen molar-refractivity contribution in [2.75, 3.05) is 4.90 Å². The number of rotatable bonds is 5. The molecule has 2 amide bonds. The molecule has 0 unspecified atom stereocenters. The summed E-state index contributed by atoms with van der Waals surface area (Å²) in [5.41, 5.74) is 2.44. The molecule has 0 N–H and O–H groups in total. The summed E-state index contributed by atoms with van der Waals surface area (Å²) in [6.45, 7) is 4.16. The van der Waals surface area contributed by atoms with Crippen LogP contribution in [0.2, 0.25) is 0 Å². The normalized spacial score (nSPS) is 13.9. The Bertz CT molecular complexity index is 945. The average Bonchev–Trinajstić information content (AvgIpc) is 2.70. The zero-order valence-corrected chi connectivity index (χ0v) is 16.0. The molecule has 2 aromatic rings. The van der Waals surface area contributed by atoms with Crippen LogP contribution in [0.3, 0.4) is 0 Å². The van der Waals surface area contributed by atoms with Gasteiger partial charge in [-0.15, -0.1) is 0 Å². The molecule has 0 atom stereocenters. The van der Waals surface area contributed by atoms with Crippen molar-refractivity contribution < 1.29 is 9.59 Å². The summed E-state index contributed by atoms with van der Waals surface area (Å²) in [6, 6.07) is 18.5. The number of hydrogen-bond donors (Lipinski definition) is 0. The van der Waals surface area contributed by atoms with Crippen molar-refractivity contribution in [1.82, 2.24) is 5.01 Å². The molecular weight excluding hydrogens is 352 g/mol. The largest absolute Gasteiger partial charge is 0.305 e. The summed E-state index contributed by atoms with van der Waals surface area (Å²) in [5, 5.41) is 14.9. The summed E-state index contributed by atoms with van der Waals surface area (Å²) in [5.74, 6) is -0.335. The minimum atomic E-state index is -0.240.